The third-order valence-corrected chi connectivity index (χ3v) is 7.87. The molecule has 0 aliphatic heterocycles. The summed E-state index contributed by atoms with van der Waals surface area (Å²) in [6, 6.07) is 52.0. The van der Waals surface area contributed by atoms with Gasteiger partial charge >= 0.3 is 0 Å². The van der Waals surface area contributed by atoms with Crippen molar-refractivity contribution in [2.24, 2.45) is 0 Å². The molecule has 0 saturated heterocycles. The minimum absolute atomic E-state index is 0.874. The number of hydrogen-bond acceptors (Lipinski definition) is 1. The Morgan fingerprint density at radius 3 is 1.56 bits per heavy atom. The topological polar surface area (TPSA) is 13.1 Å². The maximum absolute atomic E-state index is 6.52. The van der Waals surface area contributed by atoms with Crippen LogP contribution < -0.4 is 0 Å². The molecule has 0 spiro atoms. The Morgan fingerprint density at radius 2 is 0.821 bits per heavy atom. The second kappa shape index (κ2) is 8.72. The Bertz CT molecular complexity index is 2110. The monoisotopic (exact) mass is 496 g/mol. The van der Waals surface area contributed by atoms with Crippen molar-refractivity contribution >= 4 is 43.1 Å². The number of benzene rings is 7. The van der Waals surface area contributed by atoms with Crippen LogP contribution in [0.5, 0.6) is 0 Å². The summed E-state index contributed by atoms with van der Waals surface area (Å²) < 4.78 is 6.52. The summed E-state index contributed by atoms with van der Waals surface area (Å²) in [5.41, 5.74) is 4.63. The van der Waals surface area contributed by atoms with Gasteiger partial charge in [-0.25, -0.2) is 0 Å². The van der Waals surface area contributed by atoms with E-state index in [4.69, 9.17) is 4.42 Å². The van der Waals surface area contributed by atoms with Crippen LogP contribution in [0, 0.1) is 0 Å². The smallest absolute Gasteiger partial charge is 0.136 e. The Kier molecular flexibility index (Phi) is 4.89. The van der Waals surface area contributed by atoms with Gasteiger partial charge in [-0.1, -0.05) is 121 Å². The lowest BCUT2D eigenvalue weighted by Gasteiger charge is -2.10. The Balaban J connectivity index is 1.17. The third-order valence-electron chi connectivity index (χ3n) is 7.87. The van der Waals surface area contributed by atoms with Crippen molar-refractivity contribution in [1.29, 1.82) is 0 Å². The van der Waals surface area contributed by atoms with E-state index in [1.807, 2.05) is 0 Å². The molecular formula is C38H24O. The van der Waals surface area contributed by atoms with Gasteiger partial charge in [-0.15, -0.1) is 0 Å². The second-order valence-electron chi connectivity index (χ2n) is 10.2. The lowest BCUT2D eigenvalue weighted by molar-refractivity contribution is 0.598. The molecule has 182 valence electrons. The van der Waals surface area contributed by atoms with Gasteiger partial charge in [0.05, 0.1) is 0 Å². The molecule has 0 saturated carbocycles. The Hall–Kier alpha value is -5.14. The molecule has 0 aliphatic rings. The number of rotatable bonds is 3. The molecule has 0 aliphatic carbocycles. The summed E-state index contributed by atoms with van der Waals surface area (Å²) in [5, 5.41) is 9.97. The van der Waals surface area contributed by atoms with Crippen LogP contribution in [0.25, 0.3) is 76.9 Å². The van der Waals surface area contributed by atoms with E-state index in [0.717, 1.165) is 22.6 Å². The number of hydrogen-bond donors (Lipinski definition) is 0. The van der Waals surface area contributed by atoms with E-state index >= 15 is 0 Å². The van der Waals surface area contributed by atoms with Crippen molar-refractivity contribution in [1.82, 2.24) is 0 Å². The van der Waals surface area contributed by atoms with Crippen LogP contribution in [0.4, 0.5) is 0 Å². The van der Waals surface area contributed by atoms with Gasteiger partial charge in [0.25, 0.3) is 0 Å². The molecule has 1 heterocycles. The van der Waals surface area contributed by atoms with Crippen LogP contribution in [-0.2, 0) is 0 Å². The zero-order valence-electron chi connectivity index (χ0n) is 21.3. The van der Waals surface area contributed by atoms with E-state index < -0.39 is 0 Å². The first-order valence-electron chi connectivity index (χ1n) is 13.3. The van der Waals surface area contributed by atoms with Crippen LogP contribution >= 0.6 is 0 Å². The molecule has 0 unspecified atom stereocenters. The number of fused-ring (bicyclic) bond motifs is 5. The van der Waals surface area contributed by atoms with Gasteiger partial charge < -0.3 is 4.42 Å². The summed E-state index contributed by atoms with van der Waals surface area (Å²) in [6.07, 6.45) is 0. The minimum Gasteiger partial charge on any atom is -0.456 e. The highest BCUT2D eigenvalue weighted by molar-refractivity contribution is 6.12. The predicted molar refractivity (Wildman–Crippen MR) is 165 cm³/mol. The maximum atomic E-state index is 6.52. The standard InChI is InChI=1S/C38H24O/c1-4-10-32-26(7-1)15-18-31-23-28(19-20-33(31)32)25-13-16-27(17-14-25)36-21-22-37(39-36)38-34-11-5-2-8-29(34)24-30-9-3-6-12-35(30)38/h1-24H. The second-order valence-corrected chi connectivity index (χ2v) is 10.2. The Morgan fingerprint density at radius 1 is 0.308 bits per heavy atom. The highest BCUT2D eigenvalue weighted by Gasteiger charge is 2.14. The zero-order valence-corrected chi connectivity index (χ0v) is 21.3. The van der Waals surface area contributed by atoms with Gasteiger partial charge in [-0.3, -0.25) is 0 Å². The average Bonchev–Trinajstić information content (AvgIpc) is 3.49. The fourth-order valence-electron chi connectivity index (χ4n) is 5.93. The Labute approximate surface area is 226 Å². The molecule has 0 amide bonds. The van der Waals surface area contributed by atoms with Crippen molar-refractivity contribution in [3.05, 3.63) is 146 Å². The van der Waals surface area contributed by atoms with Gasteiger partial charge in [-0.2, -0.15) is 0 Å². The molecule has 0 fully saturated rings. The van der Waals surface area contributed by atoms with Crippen LogP contribution in [0.1, 0.15) is 0 Å². The van der Waals surface area contributed by atoms with Crippen molar-refractivity contribution in [2.75, 3.05) is 0 Å². The molecule has 0 bridgehead atoms. The van der Waals surface area contributed by atoms with Crippen LogP contribution in [0.3, 0.4) is 0 Å². The highest BCUT2D eigenvalue weighted by Crippen LogP contribution is 2.39. The molecule has 39 heavy (non-hydrogen) atoms. The first kappa shape index (κ1) is 21.9. The molecule has 0 N–H and O–H groups in total. The van der Waals surface area contributed by atoms with Gasteiger partial charge in [0.15, 0.2) is 0 Å². The fraction of sp³-hybridized carbons (Fsp3) is 0. The van der Waals surface area contributed by atoms with E-state index in [0.29, 0.717) is 0 Å². The first-order chi connectivity index (χ1) is 19.3. The SMILES string of the molecule is c1ccc2c(-c3ccc(-c4ccc(-c5ccc6c(ccc7ccccc76)c5)cc4)o3)c3ccccc3cc2c1. The minimum atomic E-state index is 0.874. The lowest BCUT2D eigenvalue weighted by Crippen LogP contribution is -1.84. The largest absolute Gasteiger partial charge is 0.456 e. The summed E-state index contributed by atoms with van der Waals surface area (Å²) in [6.45, 7) is 0. The van der Waals surface area contributed by atoms with Gasteiger partial charge in [-0.05, 0) is 78.5 Å². The van der Waals surface area contributed by atoms with Gasteiger partial charge in [0.2, 0.25) is 0 Å². The van der Waals surface area contributed by atoms with Crippen molar-refractivity contribution < 1.29 is 4.42 Å². The molecule has 1 heteroatoms. The van der Waals surface area contributed by atoms with Crippen LogP contribution in [0.15, 0.2) is 150 Å². The van der Waals surface area contributed by atoms with E-state index in [9.17, 15) is 0 Å². The molecule has 0 radical (unpaired) electrons. The summed E-state index contributed by atoms with van der Waals surface area (Å²) >= 11 is 0. The molecule has 8 rings (SSSR count). The van der Waals surface area contributed by atoms with Gasteiger partial charge in [0, 0.05) is 11.1 Å². The predicted octanol–water partition coefficient (Wildman–Crippen LogP) is 10.9. The molecule has 1 nitrogen and oxygen atoms in total. The summed E-state index contributed by atoms with van der Waals surface area (Å²) in [5.74, 6) is 1.77. The van der Waals surface area contributed by atoms with Crippen molar-refractivity contribution in [2.45, 2.75) is 0 Å². The fourth-order valence-corrected chi connectivity index (χ4v) is 5.93. The average molecular weight is 497 g/mol. The van der Waals surface area contributed by atoms with E-state index in [1.54, 1.807) is 0 Å². The molecule has 1 aromatic heterocycles. The molecule has 8 aromatic rings. The lowest BCUT2D eigenvalue weighted by atomic mass is 9.95. The molecular weight excluding hydrogens is 472 g/mol. The highest BCUT2D eigenvalue weighted by atomic mass is 16.3. The quantitative estimate of drug-likeness (QED) is 0.175. The van der Waals surface area contributed by atoms with E-state index in [2.05, 4.69) is 146 Å². The first-order valence-corrected chi connectivity index (χ1v) is 13.3. The molecule has 0 atom stereocenters. The maximum Gasteiger partial charge on any atom is 0.136 e. The van der Waals surface area contributed by atoms with E-state index in [-0.39, 0.29) is 0 Å². The van der Waals surface area contributed by atoms with Crippen molar-refractivity contribution in [3.8, 4) is 33.8 Å². The summed E-state index contributed by atoms with van der Waals surface area (Å²) in [7, 11) is 0. The van der Waals surface area contributed by atoms with E-state index in [1.165, 1.54) is 54.2 Å². The molecule has 7 aromatic carbocycles. The normalized spacial score (nSPS) is 11.6. The van der Waals surface area contributed by atoms with Crippen LogP contribution in [0.2, 0.25) is 0 Å². The van der Waals surface area contributed by atoms with Crippen molar-refractivity contribution in [3.63, 3.8) is 0 Å². The zero-order chi connectivity index (χ0) is 25.8. The number of furan rings is 1. The summed E-state index contributed by atoms with van der Waals surface area (Å²) in [4.78, 5) is 0. The van der Waals surface area contributed by atoms with Crippen LogP contribution in [-0.4, -0.2) is 0 Å². The van der Waals surface area contributed by atoms with Gasteiger partial charge in [0.1, 0.15) is 11.5 Å². The third kappa shape index (κ3) is 3.63.